The molecule has 0 aliphatic heterocycles. The Bertz CT molecular complexity index is 1300. The molecule has 9 nitrogen and oxygen atoms in total. The van der Waals surface area contributed by atoms with E-state index in [1.165, 1.54) is 0 Å². The smallest absolute Gasteiger partial charge is 0.259 e. The van der Waals surface area contributed by atoms with E-state index in [9.17, 15) is 0 Å². The fourth-order valence-electron chi connectivity index (χ4n) is 3.26. The molecular weight excluding hydrogens is 356 g/mol. The lowest BCUT2D eigenvalue weighted by Crippen LogP contribution is -2.06. The topological polar surface area (TPSA) is 99.8 Å². The van der Waals surface area contributed by atoms with Crippen LogP contribution in [0.25, 0.3) is 39.7 Å². The van der Waals surface area contributed by atoms with Crippen molar-refractivity contribution in [3.8, 4) is 23.0 Å². The van der Waals surface area contributed by atoms with E-state index >= 15 is 0 Å². The fourth-order valence-corrected chi connectivity index (χ4v) is 3.26. The second-order valence-electron chi connectivity index (χ2n) is 6.77. The number of aromatic nitrogens is 8. The van der Waals surface area contributed by atoms with Crippen LogP contribution in [-0.4, -0.2) is 39.3 Å². The largest absolute Gasteiger partial charge is 0.334 e. The highest BCUT2D eigenvalue weighted by molar-refractivity contribution is 5.90. The average Bonchev–Trinajstić information content (AvgIpc) is 3.44. The molecule has 0 spiro atoms. The fraction of sp³-hybridized carbons (Fsp3) is 0.263. The van der Waals surface area contributed by atoms with E-state index in [1.807, 2.05) is 34.5 Å². The van der Waals surface area contributed by atoms with E-state index < -0.39 is 0 Å². The van der Waals surface area contributed by atoms with Crippen molar-refractivity contribution in [1.82, 2.24) is 39.3 Å². The molecule has 5 heterocycles. The van der Waals surface area contributed by atoms with Gasteiger partial charge in [0.25, 0.3) is 5.89 Å². The first-order valence-corrected chi connectivity index (χ1v) is 9.12. The summed E-state index contributed by atoms with van der Waals surface area (Å²) < 4.78 is 9.42. The van der Waals surface area contributed by atoms with Crippen molar-refractivity contribution in [3.05, 3.63) is 42.7 Å². The summed E-state index contributed by atoms with van der Waals surface area (Å²) in [5.41, 5.74) is 3.98. The Labute approximate surface area is 160 Å². The van der Waals surface area contributed by atoms with Crippen LogP contribution >= 0.6 is 0 Å². The van der Waals surface area contributed by atoms with Crippen LogP contribution in [0.15, 0.2) is 41.6 Å². The van der Waals surface area contributed by atoms with Gasteiger partial charge in [-0.15, -0.1) is 0 Å². The van der Waals surface area contributed by atoms with Gasteiger partial charge in [-0.3, -0.25) is 9.38 Å². The van der Waals surface area contributed by atoms with E-state index in [1.54, 1.807) is 18.6 Å². The highest BCUT2D eigenvalue weighted by Crippen LogP contribution is 2.30. The minimum atomic E-state index is 0.254. The van der Waals surface area contributed by atoms with Crippen LogP contribution in [0.3, 0.4) is 0 Å². The third kappa shape index (κ3) is 2.47. The van der Waals surface area contributed by atoms with Gasteiger partial charge in [0.15, 0.2) is 11.3 Å². The molecule has 5 aromatic rings. The van der Waals surface area contributed by atoms with Crippen LogP contribution in [0.4, 0.5) is 0 Å². The van der Waals surface area contributed by atoms with Crippen molar-refractivity contribution in [3.63, 3.8) is 0 Å². The zero-order chi connectivity index (χ0) is 19.3. The maximum absolute atomic E-state index is 5.60. The average molecular weight is 374 g/mol. The van der Waals surface area contributed by atoms with Gasteiger partial charge in [-0.25, -0.2) is 14.6 Å². The van der Waals surface area contributed by atoms with E-state index in [4.69, 9.17) is 4.52 Å². The molecular formula is C19H18N8O. The number of fused-ring (bicyclic) bond motifs is 2. The Morgan fingerprint density at radius 1 is 1.18 bits per heavy atom. The summed E-state index contributed by atoms with van der Waals surface area (Å²) >= 11 is 0. The van der Waals surface area contributed by atoms with Crippen LogP contribution in [-0.2, 0) is 0 Å². The van der Waals surface area contributed by atoms with Crippen molar-refractivity contribution < 1.29 is 4.52 Å². The standard InChI is InChI=1S/C19H18N8O/c1-4-12(3)27-18-14(8-22-27)13(7-11(2)23-18)19-24-17(25-28-19)15-9-21-16-10-20-5-6-26(15)16/h5-10,12H,4H2,1-3H3. The zero-order valence-corrected chi connectivity index (χ0v) is 15.7. The lowest BCUT2D eigenvalue weighted by molar-refractivity contribution is 0.432. The van der Waals surface area contributed by atoms with E-state index in [-0.39, 0.29) is 6.04 Å². The van der Waals surface area contributed by atoms with E-state index in [2.05, 4.69) is 44.0 Å². The lowest BCUT2D eigenvalue weighted by Gasteiger charge is -2.10. The van der Waals surface area contributed by atoms with Gasteiger partial charge in [-0.1, -0.05) is 12.1 Å². The Hall–Kier alpha value is -3.62. The number of hydrogen-bond acceptors (Lipinski definition) is 7. The van der Waals surface area contributed by atoms with Crippen LogP contribution in [0.5, 0.6) is 0 Å². The summed E-state index contributed by atoms with van der Waals surface area (Å²) in [7, 11) is 0. The molecule has 0 aliphatic carbocycles. The highest BCUT2D eigenvalue weighted by Gasteiger charge is 2.20. The zero-order valence-electron chi connectivity index (χ0n) is 15.7. The monoisotopic (exact) mass is 374 g/mol. The van der Waals surface area contributed by atoms with E-state index in [0.717, 1.165) is 40.1 Å². The highest BCUT2D eigenvalue weighted by atomic mass is 16.5. The van der Waals surface area contributed by atoms with Gasteiger partial charge in [-0.05, 0) is 26.3 Å². The predicted molar refractivity (Wildman–Crippen MR) is 103 cm³/mol. The van der Waals surface area contributed by atoms with Gasteiger partial charge in [0.1, 0.15) is 5.69 Å². The van der Waals surface area contributed by atoms with Gasteiger partial charge in [0, 0.05) is 18.1 Å². The second-order valence-corrected chi connectivity index (χ2v) is 6.77. The van der Waals surface area contributed by atoms with Gasteiger partial charge in [-0.2, -0.15) is 10.1 Å². The molecule has 0 saturated heterocycles. The quantitative estimate of drug-likeness (QED) is 0.475. The van der Waals surface area contributed by atoms with Crippen molar-refractivity contribution in [2.24, 2.45) is 0 Å². The summed E-state index contributed by atoms with van der Waals surface area (Å²) in [6.45, 7) is 6.21. The third-order valence-corrected chi connectivity index (χ3v) is 4.91. The number of pyridine rings is 1. The molecule has 0 bridgehead atoms. The number of aryl methyl sites for hydroxylation is 1. The first-order chi connectivity index (χ1) is 13.7. The Kier molecular flexibility index (Phi) is 3.68. The third-order valence-electron chi connectivity index (χ3n) is 4.91. The lowest BCUT2D eigenvalue weighted by atomic mass is 10.1. The van der Waals surface area contributed by atoms with Crippen LogP contribution < -0.4 is 0 Å². The molecule has 28 heavy (non-hydrogen) atoms. The normalized spacial score (nSPS) is 12.8. The minimum absolute atomic E-state index is 0.254. The van der Waals surface area contributed by atoms with Crippen molar-refractivity contribution >= 4 is 16.7 Å². The van der Waals surface area contributed by atoms with Crippen LogP contribution in [0.1, 0.15) is 32.0 Å². The summed E-state index contributed by atoms with van der Waals surface area (Å²) in [4.78, 5) is 17.7. The molecule has 0 amide bonds. The van der Waals surface area contributed by atoms with E-state index in [0.29, 0.717) is 11.7 Å². The molecule has 5 rings (SSSR count). The van der Waals surface area contributed by atoms with Gasteiger partial charge in [0.05, 0.1) is 35.6 Å². The molecule has 5 aromatic heterocycles. The first kappa shape index (κ1) is 16.5. The first-order valence-electron chi connectivity index (χ1n) is 9.12. The van der Waals surface area contributed by atoms with Crippen molar-refractivity contribution in [2.75, 3.05) is 0 Å². The number of hydrogen-bond donors (Lipinski definition) is 0. The Morgan fingerprint density at radius 2 is 2.07 bits per heavy atom. The Balaban J connectivity index is 1.65. The predicted octanol–water partition coefficient (Wildman–Crippen LogP) is 3.47. The molecule has 0 aromatic carbocycles. The summed E-state index contributed by atoms with van der Waals surface area (Å²) in [6.07, 6.45) is 9.68. The summed E-state index contributed by atoms with van der Waals surface area (Å²) in [6, 6.07) is 2.20. The number of imidazole rings is 1. The van der Waals surface area contributed by atoms with Gasteiger partial charge in [0.2, 0.25) is 5.82 Å². The van der Waals surface area contributed by atoms with Crippen LogP contribution in [0.2, 0.25) is 0 Å². The van der Waals surface area contributed by atoms with Gasteiger partial charge >= 0.3 is 0 Å². The van der Waals surface area contributed by atoms with Crippen molar-refractivity contribution in [2.45, 2.75) is 33.2 Å². The molecule has 140 valence electrons. The molecule has 9 heteroatoms. The van der Waals surface area contributed by atoms with Gasteiger partial charge < -0.3 is 4.52 Å². The van der Waals surface area contributed by atoms with Crippen molar-refractivity contribution in [1.29, 1.82) is 0 Å². The Morgan fingerprint density at radius 3 is 2.93 bits per heavy atom. The molecule has 0 radical (unpaired) electrons. The maximum Gasteiger partial charge on any atom is 0.259 e. The SMILES string of the molecule is CCC(C)n1ncc2c(-c3nc(-c4cnc5cnccn45)no3)cc(C)nc21. The number of rotatable bonds is 4. The summed E-state index contributed by atoms with van der Waals surface area (Å²) in [5.74, 6) is 0.892. The second kappa shape index (κ2) is 6.22. The van der Waals surface area contributed by atoms with Crippen LogP contribution in [0, 0.1) is 6.92 Å². The maximum atomic E-state index is 5.60. The molecule has 0 N–H and O–H groups in total. The molecule has 0 aliphatic rings. The summed E-state index contributed by atoms with van der Waals surface area (Å²) in [5, 5.41) is 9.59. The molecule has 0 saturated carbocycles. The minimum Gasteiger partial charge on any atom is -0.334 e. The number of nitrogens with zero attached hydrogens (tertiary/aromatic N) is 8. The molecule has 0 fully saturated rings. The molecule has 1 atom stereocenters. The molecule has 1 unspecified atom stereocenters.